The molecule has 1 saturated heterocycles. The Morgan fingerprint density at radius 1 is 1.43 bits per heavy atom. The molecule has 2 rings (SSSR count). The van der Waals surface area contributed by atoms with Crippen LogP contribution in [0.25, 0.3) is 0 Å². The summed E-state index contributed by atoms with van der Waals surface area (Å²) in [6, 6.07) is -0.957. The van der Waals surface area contributed by atoms with Crippen LogP contribution in [-0.2, 0) is 9.59 Å². The number of carbonyl (C=O) groups excluding carboxylic acids is 3. The first kappa shape index (κ1) is 17.8. The van der Waals surface area contributed by atoms with Gasteiger partial charge < -0.3 is 10.6 Å². The lowest BCUT2D eigenvalue weighted by atomic mass is 9.97. The minimum atomic E-state index is -0.491. The fourth-order valence-electron chi connectivity index (χ4n) is 2.85. The molecule has 0 aromatic carbocycles. The highest BCUT2D eigenvalue weighted by atomic mass is 32.2. The maximum absolute atomic E-state index is 12.1. The number of nitrogens with zero attached hydrogens (tertiary/aromatic N) is 1. The van der Waals surface area contributed by atoms with Gasteiger partial charge >= 0.3 is 6.03 Å². The summed E-state index contributed by atoms with van der Waals surface area (Å²) >= 11 is 1.62. The maximum atomic E-state index is 12.1. The Bertz CT molecular complexity index is 493. The number of rotatable bonds is 8. The zero-order chi connectivity index (χ0) is 16.7. The van der Waals surface area contributed by atoms with Gasteiger partial charge in [0.2, 0.25) is 5.91 Å². The Kier molecular flexibility index (Phi) is 6.95. The van der Waals surface area contributed by atoms with Crippen molar-refractivity contribution in [1.82, 2.24) is 15.5 Å². The van der Waals surface area contributed by atoms with Crippen LogP contribution < -0.4 is 10.6 Å². The molecular weight excluding hydrogens is 314 g/mol. The molecule has 0 aromatic heterocycles. The van der Waals surface area contributed by atoms with Gasteiger partial charge in [0, 0.05) is 6.54 Å². The van der Waals surface area contributed by atoms with Gasteiger partial charge in [-0.25, -0.2) is 4.79 Å². The van der Waals surface area contributed by atoms with Gasteiger partial charge in [-0.15, -0.1) is 0 Å². The summed E-state index contributed by atoms with van der Waals surface area (Å²) in [5, 5.41) is 5.43. The van der Waals surface area contributed by atoms with E-state index in [1.807, 2.05) is 6.26 Å². The standard InChI is InChI=1S/C16H25N3O3S/c1-23-10-8-13-15(21)19(16(22)18-13)11-14(20)17-9-7-12-5-3-2-4-6-12/h5,13H,2-4,6-11H2,1H3,(H,17,20)(H,18,22)/t13-/m1/s1. The third-order valence-electron chi connectivity index (χ3n) is 4.17. The Hall–Kier alpha value is -1.50. The van der Waals surface area contributed by atoms with Crippen molar-refractivity contribution in [3.05, 3.63) is 11.6 Å². The molecule has 128 valence electrons. The quantitative estimate of drug-likeness (QED) is 0.521. The van der Waals surface area contributed by atoms with E-state index in [0.29, 0.717) is 13.0 Å². The highest BCUT2D eigenvalue weighted by Gasteiger charge is 2.38. The molecule has 7 heteroatoms. The Labute approximate surface area is 141 Å². The Morgan fingerprint density at radius 2 is 2.26 bits per heavy atom. The highest BCUT2D eigenvalue weighted by molar-refractivity contribution is 7.98. The molecule has 23 heavy (non-hydrogen) atoms. The van der Waals surface area contributed by atoms with E-state index in [1.54, 1.807) is 11.8 Å². The van der Waals surface area contributed by atoms with Crippen LogP contribution in [0.5, 0.6) is 0 Å². The van der Waals surface area contributed by atoms with Crippen molar-refractivity contribution in [2.45, 2.75) is 44.6 Å². The van der Waals surface area contributed by atoms with Crippen LogP contribution in [0.15, 0.2) is 11.6 Å². The van der Waals surface area contributed by atoms with Crippen LogP contribution in [-0.4, -0.2) is 53.9 Å². The molecule has 0 saturated carbocycles. The van der Waals surface area contributed by atoms with E-state index in [4.69, 9.17) is 0 Å². The second-order valence-electron chi connectivity index (χ2n) is 5.92. The number of nitrogens with one attached hydrogen (secondary N) is 2. The van der Waals surface area contributed by atoms with E-state index in [-0.39, 0.29) is 18.4 Å². The number of imide groups is 1. The van der Waals surface area contributed by atoms with E-state index in [9.17, 15) is 14.4 Å². The molecule has 1 heterocycles. The van der Waals surface area contributed by atoms with Gasteiger partial charge in [-0.1, -0.05) is 11.6 Å². The van der Waals surface area contributed by atoms with Gasteiger partial charge in [0.05, 0.1) is 0 Å². The van der Waals surface area contributed by atoms with Crippen molar-refractivity contribution in [2.75, 3.05) is 25.1 Å². The molecule has 0 aromatic rings. The van der Waals surface area contributed by atoms with Crippen LogP contribution in [0.4, 0.5) is 4.79 Å². The first-order valence-corrected chi connectivity index (χ1v) is 9.56. The molecule has 0 unspecified atom stereocenters. The molecule has 6 nitrogen and oxygen atoms in total. The smallest absolute Gasteiger partial charge is 0.325 e. The zero-order valence-corrected chi connectivity index (χ0v) is 14.4. The zero-order valence-electron chi connectivity index (χ0n) is 13.6. The number of urea groups is 1. The number of thioether (sulfide) groups is 1. The predicted octanol–water partition coefficient (Wildman–Crippen LogP) is 1.67. The van der Waals surface area contributed by atoms with Crippen LogP contribution >= 0.6 is 11.8 Å². The monoisotopic (exact) mass is 339 g/mol. The van der Waals surface area contributed by atoms with Gasteiger partial charge in [-0.2, -0.15) is 11.8 Å². The molecule has 4 amide bonds. The summed E-state index contributed by atoms with van der Waals surface area (Å²) < 4.78 is 0. The second-order valence-corrected chi connectivity index (χ2v) is 6.90. The summed E-state index contributed by atoms with van der Waals surface area (Å²) in [5.74, 6) is 0.218. The lowest BCUT2D eigenvalue weighted by Crippen LogP contribution is -2.41. The summed E-state index contributed by atoms with van der Waals surface area (Å²) in [6.45, 7) is 0.365. The van der Waals surface area contributed by atoms with Crippen molar-refractivity contribution in [3.63, 3.8) is 0 Å². The summed E-state index contributed by atoms with van der Waals surface area (Å²) in [5.41, 5.74) is 1.39. The van der Waals surface area contributed by atoms with Crippen molar-refractivity contribution < 1.29 is 14.4 Å². The van der Waals surface area contributed by atoms with E-state index >= 15 is 0 Å². The third-order valence-corrected chi connectivity index (χ3v) is 4.82. The minimum Gasteiger partial charge on any atom is -0.354 e. The first-order valence-electron chi connectivity index (χ1n) is 8.17. The molecular formula is C16H25N3O3S. The van der Waals surface area contributed by atoms with Crippen LogP contribution in [0.3, 0.4) is 0 Å². The molecule has 1 aliphatic carbocycles. The van der Waals surface area contributed by atoms with Gasteiger partial charge in [-0.05, 0) is 50.5 Å². The van der Waals surface area contributed by atoms with Gasteiger partial charge in [0.25, 0.3) is 5.91 Å². The van der Waals surface area contributed by atoms with Crippen molar-refractivity contribution in [1.29, 1.82) is 0 Å². The Balaban J connectivity index is 1.72. The topological polar surface area (TPSA) is 78.5 Å². The number of hydrogen-bond acceptors (Lipinski definition) is 4. The fraction of sp³-hybridized carbons (Fsp3) is 0.688. The van der Waals surface area contributed by atoms with Gasteiger partial charge in [0.15, 0.2) is 0 Å². The molecule has 2 N–H and O–H groups in total. The van der Waals surface area contributed by atoms with E-state index in [0.717, 1.165) is 29.9 Å². The molecule has 0 bridgehead atoms. The number of carbonyl (C=O) groups is 3. The molecule has 1 fully saturated rings. The number of allylic oxidation sites excluding steroid dienone is 1. The Morgan fingerprint density at radius 3 is 2.96 bits per heavy atom. The van der Waals surface area contributed by atoms with Crippen LogP contribution in [0.2, 0.25) is 0 Å². The summed E-state index contributed by atoms with van der Waals surface area (Å²) in [6.07, 6.45) is 10.4. The van der Waals surface area contributed by atoms with Crippen LogP contribution in [0.1, 0.15) is 38.5 Å². The normalized spacial score (nSPS) is 21.2. The molecule has 2 aliphatic rings. The SMILES string of the molecule is CSCC[C@H]1NC(=O)N(CC(=O)NCCC2=CCCCC2)C1=O. The first-order chi connectivity index (χ1) is 11.1. The minimum absolute atomic E-state index is 0.195. The van der Waals surface area contributed by atoms with Gasteiger partial charge in [-0.3, -0.25) is 14.5 Å². The number of amides is 4. The average Bonchev–Trinajstić information content (AvgIpc) is 2.81. The predicted molar refractivity (Wildman–Crippen MR) is 91.2 cm³/mol. The average molecular weight is 339 g/mol. The molecule has 0 radical (unpaired) electrons. The summed E-state index contributed by atoms with van der Waals surface area (Å²) in [7, 11) is 0. The van der Waals surface area contributed by atoms with Crippen molar-refractivity contribution in [2.24, 2.45) is 0 Å². The molecule has 0 spiro atoms. The van der Waals surface area contributed by atoms with Gasteiger partial charge in [0.1, 0.15) is 12.6 Å². The maximum Gasteiger partial charge on any atom is 0.325 e. The van der Waals surface area contributed by atoms with Crippen molar-refractivity contribution >= 4 is 29.6 Å². The second kappa shape index (κ2) is 8.96. The molecule has 1 atom stereocenters. The third kappa shape index (κ3) is 5.27. The van der Waals surface area contributed by atoms with E-state index in [2.05, 4.69) is 16.7 Å². The van der Waals surface area contributed by atoms with E-state index in [1.165, 1.54) is 18.4 Å². The van der Waals surface area contributed by atoms with Crippen LogP contribution in [0, 0.1) is 0 Å². The lowest BCUT2D eigenvalue weighted by molar-refractivity contribution is -0.132. The molecule has 1 aliphatic heterocycles. The largest absolute Gasteiger partial charge is 0.354 e. The highest BCUT2D eigenvalue weighted by Crippen LogP contribution is 2.19. The number of hydrogen-bond donors (Lipinski definition) is 2. The summed E-state index contributed by atoms with van der Waals surface area (Å²) in [4.78, 5) is 36.9. The van der Waals surface area contributed by atoms with E-state index < -0.39 is 12.1 Å². The fourth-order valence-corrected chi connectivity index (χ4v) is 3.32. The lowest BCUT2D eigenvalue weighted by Gasteiger charge is -2.15. The van der Waals surface area contributed by atoms with Crippen molar-refractivity contribution in [3.8, 4) is 0 Å².